The van der Waals surface area contributed by atoms with Crippen LogP contribution in [0.4, 0.5) is 0 Å². The summed E-state index contributed by atoms with van der Waals surface area (Å²) in [5.41, 5.74) is 6.86. The average molecular weight is 195 g/mol. The fourth-order valence-electron chi connectivity index (χ4n) is 1.62. The number of phenolic OH excluding ortho intramolecular Hbond substituents is 1. The van der Waals surface area contributed by atoms with E-state index in [2.05, 4.69) is 6.07 Å². The van der Waals surface area contributed by atoms with Crippen LogP contribution in [-0.4, -0.2) is 17.4 Å². The SMILES string of the molecule is NCC1CSc2c(O)cccc2C1. The Balaban J connectivity index is 2.31. The van der Waals surface area contributed by atoms with Crippen LogP contribution in [0.25, 0.3) is 0 Å². The number of phenols is 1. The van der Waals surface area contributed by atoms with Crippen molar-refractivity contribution in [2.45, 2.75) is 11.3 Å². The van der Waals surface area contributed by atoms with E-state index in [1.807, 2.05) is 6.07 Å². The zero-order chi connectivity index (χ0) is 9.26. The largest absolute Gasteiger partial charge is 0.507 e. The Morgan fingerprint density at radius 3 is 3.15 bits per heavy atom. The van der Waals surface area contributed by atoms with Gasteiger partial charge in [0.05, 0.1) is 4.90 Å². The van der Waals surface area contributed by atoms with Crippen LogP contribution in [0.2, 0.25) is 0 Å². The van der Waals surface area contributed by atoms with Crippen molar-refractivity contribution in [1.29, 1.82) is 0 Å². The van der Waals surface area contributed by atoms with Gasteiger partial charge in [0.15, 0.2) is 0 Å². The van der Waals surface area contributed by atoms with Crippen molar-refractivity contribution in [1.82, 2.24) is 0 Å². The second-order valence-electron chi connectivity index (χ2n) is 3.38. The summed E-state index contributed by atoms with van der Waals surface area (Å²) >= 11 is 1.72. The quantitative estimate of drug-likeness (QED) is 0.715. The van der Waals surface area contributed by atoms with Crippen molar-refractivity contribution in [3.63, 3.8) is 0 Å². The molecule has 1 aromatic rings. The van der Waals surface area contributed by atoms with E-state index in [4.69, 9.17) is 5.73 Å². The Hall–Kier alpha value is -0.670. The van der Waals surface area contributed by atoms with Gasteiger partial charge in [0, 0.05) is 5.75 Å². The van der Waals surface area contributed by atoms with Gasteiger partial charge >= 0.3 is 0 Å². The Labute approximate surface area is 82.1 Å². The first-order valence-electron chi connectivity index (χ1n) is 4.45. The number of hydrogen-bond acceptors (Lipinski definition) is 3. The summed E-state index contributed by atoms with van der Waals surface area (Å²) in [6.07, 6.45) is 1.01. The van der Waals surface area contributed by atoms with Crippen LogP contribution in [0.5, 0.6) is 5.75 Å². The number of rotatable bonds is 1. The van der Waals surface area contributed by atoms with Gasteiger partial charge in [0.25, 0.3) is 0 Å². The smallest absolute Gasteiger partial charge is 0.129 e. The lowest BCUT2D eigenvalue weighted by Crippen LogP contribution is -2.22. The van der Waals surface area contributed by atoms with Crippen molar-refractivity contribution >= 4 is 11.8 Å². The van der Waals surface area contributed by atoms with E-state index in [1.54, 1.807) is 17.8 Å². The van der Waals surface area contributed by atoms with Crippen LogP contribution in [0.3, 0.4) is 0 Å². The minimum absolute atomic E-state index is 0.415. The predicted octanol–water partition coefficient (Wildman–Crippen LogP) is 1.62. The van der Waals surface area contributed by atoms with Gasteiger partial charge in [-0.2, -0.15) is 0 Å². The Bertz CT molecular complexity index is 314. The molecule has 0 bridgehead atoms. The molecule has 0 aliphatic carbocycles. The molecule has 3 heteroatoms. The van der Waals surface area contributed by atoms with Crippen molar-refractivity contribution in [2.75, 3.05) is 12.3 Å². The first kappa shape index (κ1) is 8.91. The number of hydrogen-bond donors (Lipinski definition) is 2. The van der Waals surface area contributed by atoms with Gasteiger partial charge in [-0.1, -0.05) is 12.1 Å². The molecule has 70 valence electrons. The minimum atomic E-state index is 0.415. The third kappa shape index (κ3) is 1.67. The van der Waals surface area contributed by atoms with Gasteiger partial charge < -0.3 is 10.8 Å². The van der Waals surface area contributed by atoms with E-state index in [0.717, 1.165) is 23.6 Å². The fraction of sp³-hybridized carbons (Fsp3) is 0.400. The molecule has 0 aromatic heterocycles. The standard InChI is InChI=1S/C10H13NOS/c11-5-7-4-8-2-1-3-9(12)10(8)13-6-7/h1-3,7,12H,4-6,11H2. The maximum Gasteiger partial charge on any atom is 0.129 e. The molecule has 2 rings (SSSR count). The molecule has 1 aromatic carbocycles. The zero-order valence-corrected chi connectivity index (χ0v) is 8.18. The lowest BCUT2D eigenvalue weighted by Gasteiger charge is -2.23. The second kappa shape index (κ2) is 3.60. The van der Waals surface area contributed by atoms with Gasteiger partial charge in [0.2, 0.25) is 0 Å². The van der Waals surface area contributed by atoms with E-state index < -0.39 is 0 Å². The van der Waals surface area contributed by atoms with E-state index >= 15 is 0 Å². The van der Waals surface area contributed by atoms with Crippen LogP contribution >= 0.6 is 11.8 Å². The summed E-state index contributed by atoms with van der Waals surface area (Å²) < 4.78 is 0. The summed E-state index contributed by atoms with van der Waals surface area (Å²) in [4.78, 5) is 1.05. The van der Waals surface area contributed by atoms with Crippen molar-refractivity contribution in [2.24, 2.45) is 11.7 Å². The summed E-state index contributed by atoms with van der Waals surface area (Å²) in [6.45, 7) is 0.738. The molecule has 0 fully saturated rings. The molecule has 13 heavy (non-hydrogen) atoms. The maximum absolute atomic E-state index is 9.56. The Morgan fingerprint density at radius 1 is 1.54 bits per heavy atom. The monoisotopic (exact) mass is 195 g/mol. The summed E-state index contributed by atoms with van der Waals surface area (Å²) in [5.74, 6) is 2.01. The molecular formula is C10H13NOS. The van der Waals surface area contributed by atoms with Crippen LogP contribution in [0.15, 0.2) is 23.1 Å². The van der Waals surface area contributed by atoms with Crippen molar-refractivity contribution in [3.05, 3.63) is 23.8 Å². The number of nitrogens with two attached hydrogens (primary N) is 1. The minimum Gasteiger partial charge on any atom is -0.507 e. The van der Waals surface area contributed by atoms with Gasteiger partial charge in [0.1, 0.15) is 5.75 Å². The van der Waals surface area contributed by atoms with E-state index in [1.165, 1.54) is 5.56 Å². The predicted molar refractivity (Wildman–Crippen MR) is 55.1 cm³/mol. The first-order valence-corrected chi connectivity index (χ1v) is 5.43. The number of fused-ring (bicyclic) bond motifs is 1. The molecule has 1 unspecified atom stereocenters. The highest BCUT2D eigenvalue weighted by Crippen LogP contribution is 2.38. The molecule has 0 saturated carbocycles. The first-order chi connectivity index (χ1) is 6.31. The summed E-state index contributed by atoms with van der Waals surface area (Å²) in [7, 11) is 0. The van der Waals surface area contributed by atoms with E-state index in [9.17, 15) is 5.11 Å². The number of thioether (sulfide) groups is 1. The van der Waals surface area contributed by atoms with Gasteiger partial charge in [-0.05, 0) is 30.5 Å². The third-order valence-corrected chi connectivity index (χ3v) is 3.78. The highest BCUT2D eigenvalue weighted by Gasteiger charge is 2.19. The molecule has 0 radical (unpaired) electrons. The zero-order valence-electron chi connectivity index (χ0n) is 7.36. The molecule has 0 saturated heterocycles. The average Bonchev–Trinajstić information content (AvgIpc) is 2.18. The molecule has 0 spiro atoms. The van der Waals surface area contributed by atoms with Crippen LogP contribution < -0.4 is 5.73 Å². The molecule has 2 nitrogen and oxygen atoms in total. The molecule has 1 heterocycles. The van der Waals surface area contributed by atoms with Crippen molar-refractivity contribution < 1.29 is 5.11 Å². The second-order valence-corrected chi connectivity index (χ2v) is 4.41. The van der Waals surface area contributed by atoms with E-state index in [-0.39, 0.29) is 0 Å². The van der Waals surface area contributed by atoms with Crippen LogP contribution in [-0.2, 0) is 6.42 Å². The van der Waals surface area contributed by atoms with Gasteiger partial charge in [-0.25, -0.2) is 0 Å². The topological polar surface area (TPSA) is 46.2 Å². The normalized spacial score (nSPS) is 21.2. The maximum atomic E-state index is 9.56. The lowest BCUT2D eigenvalue weighted by molar-refractivity contribution is 0.457. The van der Waals surface area contributed by atoms with E-state index in [0.29, 0.717) is 11.7 Å². The highest BCUT2D eigenvalue weighted by molar-refractivity contribution is 7.99. The highest BCUT2D eigenvalue weighted by atomic mass is 32.2. The summed E-state index contributed by atoms with van der Waals surface area (Å²) in [6, 6.07) is 5.71. The molecule has 1 atom stereocenters. The van der Waals surface area contributed by atoms with Crippen molar-refractivity contribution in [3.8, 4) is 5.75 Å². The third-order valence-electron chi connectivity index (χ3n) is 2.38. The molecule has 0 amide bonds. The lowest BCUT2D eigenvalue weighted by atomic mass is 10.0. The fourth-order valence-corrected chi connectivity index (χ4v) is 2.83. The summed E-state index contributed by atoms with van der Waals surface area (Å²) in [5, 5.41) is 9.56. The van der Waals surface area contributed by atoms with Gasteiger partial charge in [-0.15, -0.1) is 11.8 Å². The Morgan fingerprint density at radius 2 is 2.38 bits per heavy atom. The molecular weight excluding hydrogens is 182 g/mol. The molecule has 3 N–H and O–H groups in total. The molecule has 1 aliphatic heterocycles. The van der Waals surface area contributed by atoms with Crippen LogP contribution in [0, 0.1) is 5.92 Å². The Kier molecular flexibility index (Phi) is 2.47. The molecule has 1 aliphatic rings. The number of benzene rings is 1. The van der Waals surface area contributed by atoms with Gasteiger partial charge in [-0.3, -0.25) is 0 Å². The van der Waals surface area contributed by atoms with Crippen LogP contribution in [0.1, 0.15) is 5.56 Å². The number of aromatic hydroxyl groups is 1.